The lowest BCUT2D eigenvalue weighted by Gasteiger charge is -2.32. The van der Waals surface area contributed by atoms with Gasteiger partial charge in [0.1, 0.15) is 0 Å². The van der Waals surface area contributed by atoms with Gasteiger partial charge in [-0.3, -0.25) is 4.79 Å². The molecule has 0 aromatic rings. The minimum atomic E-state index is -0.332. The van der Waals surface area contributed by atoms with Crippen LogP contribution in [-0.2, 0) is 14.1 Å². The van der Waals surface area contributed by atoms with Gasteiger partial charge in [-0.2, -0.15) is 0 Å². The summed E-state index contributed by atoms with van der Waals surface area (Å²) in [6.07, 6.45) is 4.10. The Morgan fingerprint density at radius 1 is 1.14 bits per heavy atom. The molecule has 0 bridgehead atoms. The first-order valence-electron chi connectivity index (χ1n) is 8.69. The lowest BCUT2D eigenvalue weighted by atomic mass is 9.76. The molecule has 3 heterocycles. The lowest BCUT2D eigenvalue weighted by Crippen LogP contribution is -2.51. The average Bonchev–Trinajstić information content (AvgIpc) is 3.02. The summed E-state index contributed by atoms with van der Waals surface area (Å²) < 4.78 is 12.4. The largest absolute Gasteiger partial charge is 0.482 e. The van der Waals surface area contributed by atoms with Crippen molar-refractivity contribution < 1.29 is 14.1 Å². The Morgan fingerprint density at radius 2 is 1.82 bits per heavy atom. The molecule has 0 saturated carbocycles. The number of nitrogens with one attached hydrogen (secondary N) is 1. The van der Waals surface area contributed by atoms with E-state index in [0.717, 1.165) is 45.3 Å². The molecule has 6 heteroatoms. The summed E-state index contributed by atoms with van der Waals surface area (Å²) >= 11 is 0. The Balaban J connectivity index is 1.70. The number of amides is 1. The molecule has 3 fully saturated rings. The molecule has 2 unspecified atom stereocenters. The summed E-state index contributed by atoms with van der Waals surface area (Å²) in [6.45, 7) is 11.0. The van der Waals surface area contributed by atoms with Gasteiger partial charge in [0.15, 0.2) is 0 Å². The summed E-state index contributed by atoms with van der Waals surface area (Å²) in [5.74, 6) is 0.469. The third kappa shape index (κ3) is 2.81. The highest BCUT2D eigenvalue weighted by Gasteiger charge is 2.56. The summed E-state index contributed by atoms with van der Waals surface area (Å²) in [5, 5.41) is 3.34. The molecule has 0 aromatic heterocycles. The van der Waals surface area contributed by atoms with Crippen LogP contribution in [0.5, 0.6) is 0 Å². The van der Waals surface area contributed by atoms with Crippen molar-refractivity contribution in [2.24, 2.45) is 5.92 Å². The third-order valence-corrected chi connectivity index (χ3v) is 5.81. The van der Waals surface area contributed by atoms with Crippen LogP contribution in [0, 0.1) is 5.92 Å². The molecule has 1 N–H and O–H groups in total. The van der Waals surface area contributed by atoms with Crippen LogP contribution in [0.4, 0.5) is 0 Å². The number of hydrogen-bond donors (Lipinski definition) is 1. The number of carbonyl (C=O) groups is 1. The second kappa shape index (κ2) is 5.80. The first-order valence-corrected chi connectivity index (χ1v) is 8.69. The fraction of sp³-hybridized carbons (Fsp3) is 0.938. The topological polar surface area (TPSA) is 50.8 Å². The van der Waals surface area contributed by atoms with E-state index in [4.69, 9.17) is 9.31 Å². The van der Waals surface area contributed by atoms with E-state index in [2.05, 4.69) is 33.0 Å². The highest BCUT2D eigenvalue weighted by atomic mass is 16.7. The van der Waals surface area contributed by atoms with Crippen molar-refractivity contribution in [1.29, 1.82) is 0 Å². The normalized spacial score (nSPS) is 34.2. The summed E-state index contributed by atoms with van der Waals surface area (Å²) in [7, 11) is -0.298. The predicted octanol–water partition coefficient (Wildman–Crippen LogP) is 1.61. The number of hydrogen-bond acceptors (Lipinski definition) is 4. The molecule has 0 spiro atoms. The Bertz CT molecular complexity index is 419. The van der Waals surface area contributed by atoms with Crippen LogP contribution in [0.3, 0.4) is 0 Å². The number of carbonyl (C=O) groups excluding carboxylic acids is 1. The zero-order valence-corrected chi connectivity index (χ0v) is 14.4. The van der Waals surface area contributed by atoms with Gasteiger partial charge in [-0.1, -0.05) is 0 Å². The van der Waals surface area contributed by atoms with Crippen LogP contribution in [-0.4, -0.2) is 54.7 Å². The minimum absolute atomic E-state index is 0.0653. The summed E-state index contributed by atoms with van der Waals surface area (Å²) in [6, 6.07) is 0. The van der Waals surface area contributed by atoms with Gasteiger partial charge in [0.25, 0.3) is 0 Å². The van der Waals surface area contributed by atoms with Crippen molar-refractivity contribution in [2.75, 3.05) is 19.6 Å². The number of likely N-dealkylation sites (tertiary alicyclic amines) is 1. The van der Waals surface area contributed by atoms with Crippen LogP contribution in [0.1, 0.15) is 53.4 Å². The van der Waals surface area contributed by atoms with Gasteiger partial charge in [-0.05, 0) is 59.9 Å². The first-order chi connectivity index (χ1) is 10.3. The first kappa shape index (κ1) is 16.3. The highest BCUT2D eigenvalue weighted by Crippen LogP contribution is 2.40. The van der Waals surface area contributed by atoms with E-state index < -0.39 is 0 Å². The Labute approximate surface area is 134 Å². The van der Waals surface area contributed by atoms with E-state index >= 15 is 0 Å². The maximum atomic E-state index is 12.9. The molecule has 3 saturated heterocycles. The average molecular weight is 308 g/mol. The van der Waals surface area contributed by atoms with E-state index in [9.17, 15) is 4.79 Å². The van der Waals surface area contributed by atoms with Crippen molar-refractivity contribution in [2.45, 2.75) is 70.5 Å². The second-order valence-electron chi connectivity index (χ2n) is 7.91. The van der Waals surface area contributed by atoms with Crippen molar-refractivity contribution in [3.63, 3.8) is 0 Å². The van der Waals surface area contributed by atoms with Gasteiger partial charge in [0.05, 0.1) is 23.1 Å². The summed E-state index contributed by atoms with van der Waals surface area (Å²) in [5.41, 5.74) is -0.664. The molecule has 3 aliphatic rings. The zero-order valence-electron chi connectivity index (χ0n) is 14.4. The maximum Gasteiger partial charge on any atom is 0.482 e. The zero-order chi connectivity index (χ0) is 16.0. The minimum Gasteiger partial charge on any atom is -0.402 e. The van der Waals surface area contributed by atoms with Crippen LogP contribution < -0.4 is 5.32 Å². The molecule has 0 aliphatic carbocycles. The molecule has 22 heavy (non-hydrogen) atoms. The van der Waals surface area contributed by atoms with E-state index in [1.165, 1.54) is 0 Å². The van der Waals surface area contributed by atoms with Gasteiger partial charge in [-0.25, -0.2) is 0 Å². The van der Waals surface area contributed by atoms with Crippen molar-refractivity contribution >= 4 is 13.0 Å². The van der Waals surface area contributed by atoms with Gasteiger partial charge >= 0.3 is 7.12 Å². The van der Waals surface area contributed by atoms with Crippen molar-refractivity contribution in [3.8, 4) is 0 Å². The molecule has 3 rings (SSSR count). The SMILES string of the molecule is CC1(C)OB(C2CCCN2C(=O)C2CCCNC2)OC1(C)C. The predicted molar refractivity (Wildman–Crippen MR) is 86.4 cm³/mol. The molecule has 3 aliphatic heterocycles. The van der Waals surface area contributed by atoms with E-state index in [1.807, 2.05) is 4.90 Å². The second-order valence-corrected chi connectivity index (χ2v) is 7.91. The van der Waals surface area contributed by atoms with Gasteiger partial charge < -0.3 is 19.5 Å². The number of piperidine rings is 1. The molecular weight excluding hydrogens is 279 g/mol. The Morgan fingerprint density at radius 3 is 2.41 bits per heavy atom. The fourth-order valence-corrected chi connectivity index (χ4v) is 3.69. The van der Waals surface area contributed by atoms with Gasteiger partial charge in [-0.15, -0.1) is 0 Å². The molecule has 0 aromatic carbocycles. The van der Waals surface area contributed by atoms with Crippen molar-refractivity contribution in [1.82, 2.24) is 10.2 Å². The maximum absolute atomic E-state index is 12.9. The monoisotopic (exact) mass is 308 g/mol. The van der Waals surface area contributed by atoms with Crippen LogP contribution >= 0.6 is 0 Å². The number of nitrogens with zero attached hydrogens (tertiary/aromatic N) is 1. The number of rotatable bonds is 2. The molecule has 1 amide bonds. The molecule has 0 radical (unpaired) electrons. The summed E-state index contributed by atoms with van der Waals surface area (Å²) in [4.78, 5) is 14.9. The van der Waals surface area contributed by atoms with E-state index in [1.54, 1.807) is 0 Å². The lowest BCUT2D eigenvalue weighted by molar-refractivity contribution is -0.136. The standard InChI is InChI=1S/C16H29BN2O3/c1-15(2)16(3,4)22-17(21-15)13-8-6-10-19(13)14(20)12-7-5-9-18-11-12/h12-13,18H,5-11H2,1-4H3. The molecular formula is C16H29BN2O3. The molecule has 124 valence electrons. The smallest absolute Gasteiger partial charge is 0.402 e. The van der Waals surface area contributed by atoms with Gasteiger partial charge in [0.2, 0.25) is 5.91 Å². The van der Waals surface area contributed by atoms with Crippen LogP contribution in [0.25, 0.3) is 0 Å². The van der Waals surface area contributed by atoms with Gasteiger partial charge in [0, 0.05) is 13.1 Å². The quantitative estimate of drug-likeness (QED) is 0.788. The van der Waals surface area contributed by atoms with Crippen LogP contribution in [0.15, 0.2) is 0 Å². The van der Waals surface area contributed by atoms with E-state index in [0.29, 0.717) is 0 Å². The van der Waals surface area contributed by atoms with Crippen molar-refractivity contribution in [3.05, 3.63) is 0 Å². The molecule has 2 atom stereocenters. The van der Waals surface area contributed by atoms with E-state index in [-0.39, 0.29) is 36.1 Å². The third-order valence-electron chi connectivity index (χ3n) is 5.81. The Hall–Kier alpha value is -0.585. The molecule has 5 nitrogen and oxygen atoms in total. The Kier molecular flexibility index (Phi) is 4.29. The fourth-order valence-electron chi connectivity index (χ4n) is 3.69. The van der Waals surface area contributed by atoms with Crippen LogP contribution in [0.2, 0.25) is 0 Å². The highest BCUT2D eigenvalue weighted by molar-refractivity contribution is 6.48.